The van der Waals surface area contributed by atoms with Gasteiger partial charge in [0.25, 0.3) is 0 Å². The van der Waals surface area contributed by atoms with Crippen molar-refractivity contribution in [1.29, 1.82) is 0 Å². The molecule has 2 aromatic carbocycles. The van der Waals surface area contributed by atoms with Crippen molar-refractivity contribution in [1.82, 2.24) is 9.29 Å². The second-order valence-corrected chi connectivity index (χ2v) is 10.8. The van der Waals surface area contributed by atoms with E-state index < -0.39 is 22.0 Å². The minimum Gasteiger partial charge on any atom is -0.481 e. The van der Waals surface area contributed by atoms with Crippen molar-refractivity contribution < 1.29 is 23.1 Å². The highest BCUT2D eigenvalue weighted by atomic mass is 35.5. The number of benzene rings is 2. The molecule has 0 aliphatic heterocycles. The minimum atomic E-state index is -4.08. The highest BCUT2D eigenvalue weighted by molar-refractivity contribution is 7.89. The van der Waals surface area contributed by atoms with Crippen molar-refractivity contribution in [3.05, 3.63) is 59.2 Å². The summed E-state index contributed by atoms with van der Waals surface area (Å²) < 4.78 is 35.8. The number of aliphatic carboxylic acids is 1. The van der Waals surface area contributed by atoms with Crippen molar-refractivity contribution in [3.8, 4) is 17.6 Å². The smallest absolute Gasteiger partial charge is 0.322 e. The first kappa shape index (κ1) is 25.1. The fourth-order valence-electron chi connectivity index (χ4n) is 4.17. The first-order valence-electron chi connectivity index (χ1n) is 11.4. The van der Waals surface area contributed by atoms with Gasteiger partial charge >= 0.3 is 5.97 Å². The number of carboxylic acid groups (broad SMARTS) is 1. The highest BCUT2D eigenvalue weighted by Crippen LogP contribution is 2.32. The molecule has 1 fully saturated rings. The van der Waals surface area contributed by atoms with Gasteiger partial charge in [-0.25, -0.2) is 8.42 Å². The lowest BCUT2D eigenvalue weighted by Crippen LogP contribution is -2.42. The van der Waals surface area contributed by atoms with E-state index >= 15 is 0 Å². The van der Waals surface area contributed by atoms with Crippen LogP contribution in [0, 0.1) is 17.8 Å². The summed E-state index contributed by atoms with van der Waals surface area (Å²) in [4.78, 5) is 12.0. The average Bonchev–Trinajstić information content (AvgIpc) is 3.12. The lowest BCUT2D eigenvalue weighted by Gasteiger charge is -2.26. The van der Waals surface area contributed by atoms with E-state index in [0.717, 1.165) is 23.0 Å². The fourth-order valence-corrected chi connectivity index (χ4v) is 5.53. The van der Waals surface area contributed by atoms with Crippen LogP contribution in [0.4, 0.5) is 0 Å². The lowest BCUT2D eigenvalue weighted by atomic mass is 9.85. The quantitative estimate of drug-likeness (QED) is 0.389. The Kier molecular flexibility index (Phi) is 7.70. The summed E-state index contributed by atoms with van der Waals surface area (Å²) in [5.74, 6) is 5.29. The molecule has 0 unspecified atom stereocenters. The van der Waals surface area contributed by atoms with Gasteiger partial charge in [0.15, 0.2) is 0 Å². The van der Waals surface area contributed by atoms with Crippen molar-refractivity contribution in [2.45, 2.75) is 50.1 Å². The van der Waals surface area contributed by atoms with Crippen LogP contribution in [-0.4, -0.2) is 36.7 Å². The maximum absolute atomic E-state index is 13.0. The summed E-state index contributed by atoms with van der Waals surface area (Å²) in [7, 11) is -4.08. The van der Waals surface area contributed by atoms with Crippen LogP contribution >= 0.6 is 11.6 Å². The Bertz CT molecular complexity index is 1380. The van der Waals surface area contributed by atoms with Gasteiger partial charge in [-0.3, -0.25) is 4.79 Å². The number of sulfonamides is 1. The first-order chi connectivity index (χ1) is 16.8. The third kappa shape index (κ3) is 5.99. The fraction of sp³-hybridized carbons (Fsp3) is 0.346. The van der Waals surface area contributed by atoms with Crippen LogP contribution in [0.25, 0.3) is 10.9 Å². The summed E-state index contributed by atoms with van der Waals surface area (Å²) in [6, 6.07) is 9.96. The van der Waals surface area contributed by atoms with Crippen LogP contribution in [0.15, 0.2) is 53.6 Å². The van der Waals surface area contributed by atoms with E-state index in [1.54, 1.807) is 13.0 Å². The number of nitrogens with one attached hydrogen (secondary N) is 1. The molecule has 1 heterocycles. The molecule has 0 spiro atoms. The largest absolute Gasteiger partial charge is 0.481 e. The van der Waals surface area contributed by atoms with Crippen LogP contribution in [0.3, 0.4) is 0 Å². The number of aromatic nitrogens is 1. The number of hydrogen-bond donors (Lipinski definition) is 2. The van der Waals surface area contributed by atoms with E-state index in [0.29, 0.717) is 16.7 Å². The van der Waals surface area contributed by atoms with Crippen LogP contribution < -0.4 is 9.46 Å². The van der Waals surface area contributed by atoms with Gasteiger partial charge in [0.05, 0.1) is 4.90 Å². The van der Waals surface area contributed by atoms with E-state index in [-0.39, 0.29) is 17.9 Å². The van der Waals surface area contributed by atoms with Gasteiger partial charge < -0.3 is 14.4 Å². The summed E-state index contributed by atoms with van der Waals surface area (Å²) in [5.41, 5.74) is 1.70. The predicted octanol–water partition coefficient (Wildman–Crippen LogP) is 4.47. The Hall–Kier alpha value is -2.99. The number of halogens is 1. The summed E-state index contributed by atoms with van der Waals surface area (Å²) in [6.45, 7) is 2.74. The van der Waals surface area contributed by atoms with Crippen molar-refractivity contribution >= 4 is 38.5 Å². The SMILES string of the molecule is CC#CCOc1ccc(S(=O)(=O)N[C@@H](Cc2cn(CC3CCC3)c3ccc(Cl)cc23)C(=O)O)cc1. The van der Waals surface area contributed by atoms with Gasteiger partial charge in [-0.05, 0) is 73.7 Å². The standard InChI is InChI=1S/C26H27ClN2O5S/c1-2-3-13-34-21-8-10-22(11-9-21)35(32,33)28-24(26(30)31)14-19-17-29(16-18-5-4-6-18)25-12-7-20(27)15-23(19)25/h7-12,15,17-18,24,28H,4-6,13-14,16H2,1H3,(H,30,31)/t24-/m0/s1. The molecule has 9 heteroatoms. The number of rotatable bonds is 10. The van der Waals surface area contributed by atoms with E-state index in [2.05, 4.69) is 21.1 Å². The number of fused-ring (bicyclic) bond motifs is 1. The Labute approximate surface area is 210 Å². The van der Waals surface area contributed by atoms with Gasteiger partial charge in [0, 0.05) is 35.1 Å². The normalized spacial score (nSPS) is 14.7. The topological polar surface area (TPSA) is 97.6 Å². The molecule has 1 atom stereocenters. The molecule has 0 saturated heterocycles. The Morgan fingerprint density at radius 1 is 1.26 bits per heavy atom. The molecule has 35 heavy (non-hydrogen) atoms. The van der Waals surface area contributed by atoms with Crippen molar-refractivity contribution in [2.24, 2.45) is 5.92 Å². The van der Waals surface area contributed by atoms with Crippen molar-refractivity contribution in [2.75, 3.05) is 6.61 Å². The summed E-state index contributed by atoms with van der Waals surface area (Å²) in [6.07, 6.45) is 5.49. The molecule has 4 rings (SSSR count). The van der Waals surface area contributed by atoms with Crippen LogP contribution in [-0.2, 0) is 27.8 Å². The van der Waals surface area contributed by atoms with Crippen LogP contribution in [0.5, 0.6) is 5.75 Å². The van der Waals surface area contributed by atoms with Gasteiger partial charge in [0.1, 0.15) is 18.4 Å². The van der Waals surface area contributed by atoms with Crippen LogP contribution in [0.2, 0.25) is 5.02 Å². The zero-order chi connectivity index (χ0) is 25.0. The van der Waals surface area contributed by atoms with E-state index in [9.17, 15) is 18.3 Å². The molecule has 1 aliphatic rings. The molecule has 7 nitrogen and oxygen atoms in total. The van der Waals surface area contributed by atoms with E-state index in [1.165, 1.54) is 43.5 Å². The number of carbonyl (C=O) groups is 1. The molecule has 184 valence electrons. The maximum atomic E-state index is 13.0. The van der Waals surface area contributed by atoms with Crippen LogP contribution in [0.1, 0.15) is 31.7 Å². The zero-order valence-corrected chi connectivity index (χ0v) is 20.9. The molecular weight excluding hydrogens is 488 g/mol. The molecular formula is C26H27ClN2O5S. The predicted molar refractivity (Wildman–Crippen MR) is 135 cm³/mol. The number of carboxylic acids is 1. The Morgan fingerprint density at radius 2 is 2.00 bits per heavy atom. The summed E-state index contributed by atoms with van der Waals surface area (Å²) in [5, 5.41) is 11.2. The molecule has 0 radical (unpaired) electrons. The van der Waals surface area contributed by atoms with Gasteiger partial charge in [-0.1, -0.05) is 23.9 Å². The average molecular weight is 515 g/mol. The lowest BCUT2D eigenvalue weighted by molar-refractivity contribution is -0.138. The molecule has 1 aliphatic carbocycles. The van der Waals surface area contributed by atoms with Crippen molar-refractivity contribution in [3.63, 3.8) is 0 Å². The minimum absolute atomic E-state index is 0.0139. The number of ether oxygens (including phenoxy) is 1. The van der Waals surface area contributed by atoms with Gasteiger partial charge in [-0.15, -0.1) is 5.92 Å². The number of nitrogens with zero attached hydrogens (tertiary/aromatic N) is 1. The zero-order valence-electron chi connectivity index (χ0n) is 19.3. The summed E-state index contributed by atoms with van der Waals surface area (Å²) >= 11 is 6.23. The van der Waals surface area contributed by atoms with Gasteiger partial charge in [0.2, 0.25) is 10.0 Å². The third-order valence-electron chi connectivity index (χ3n) is 6.25. The van der Waals surface area contributed by atoms with E-state index in [4.69, 9.17) is 16.3 Å². The van der Waals surface area contributed by atoms with Gasteiger partial charge in [-0.2, -0.15) is 4.72 Å². The Balaban J connectivity index is 1.55. The molecule has 1 aromatic heterocycles. The molecule has 2 N–H and O–H groups in total. The first-order valence-corrected chi connectivity index (χ1v) is 13.3. The van der Waals surface area contributed by atoms with E-state index in [1.807, 2.05) is 18.3 Å². The second kappa shape index (κ2) is 10.7. The second-order valence-electron chi connectivity index (χ2n) is 8.67. The molecule has 0 bridgehead atoms. The highest BCUT2D eigenvalue weighted by Gasteiger charge is 2.28. The Morgan fingerprint density at radius 3 is 2.63 bits per heavy atom. The third-order valence-corrected chi connectivity index (χ3v) is 7.97. The molecule has 0 amide bonds. The maximum Gasteiger partial charge on any atom is 0.322 e. The number of hydrogen-bond acceptors (Lipinski definition) is 4. The monoisotopic (exact) mass is 514 g/mol. The molecule has 1 saturated carbocycles. The molecule has 3 aromatic rings.